The molecular weight excluding hydrogens is 160 g/mol. The summed E-state index contributed by atoms with van der Waals surface area (Å²) in [6, 6.07) is 0. The van der Waals surface area contributed by atoms with Gasteiger partial charge in [-0.15, -0.1) is 12.4 Å². The van der Waals surface area contributed by atoms with Crippen LogP contribution >= 0.6 is 12.4 Å². The molecule has 1 unspecified atom stereocenters. The van der Waals surface area contributed by atoms with Gasteiger partial charge < -0.3 is 10.6 Å². The summed E-state index contributed by atoms with van der Waals surface area (Å²) in [4.78, 5) is 2.55. The van der Waals surface area contributed by atoms with Crippen LogP contribution < -0.4 is 5.73 Å². The average molecular weight is 177 g/mol. The van der Waals surface area contributed by atoms with E-state index in [9.17, 15) is 0 Å². The SMILES string of the molecule is Cl.NCC1CN2CCC1CC2. The summed E-state index contributed by atoms with van der Waals surface area (Å²) in [5, 5.41) is 0. The fourth-order valence-electron chi connectivity index (χ4n) is 2.35. The second-order valence-electron chi connectivity index (χ2n) is 3.63. The zero-order chi connectivity index (χ0) is 6.97. The number of hydrogen-bond acceptors (Lipinski definition) is 2. The highest BCUT2D eigenvalue weighted by Crippen LogP contribution is 2.31. The molecule has 0 aromatic heterocycles. The monoisotopic (exact) mass is 176 g/mol. The lowest BCUT2D eigenvalue weighted by Gasteiger charge is -2.44. The molecule has 0 saturated carbocycles. The fraction of sp³-hybridized carbons (Fsp3) is 1.00. The highest BCUT2D eigenvalue weighted by molar-refractivity contribution is 5.85. The first-order chi connectivity index (χ1) is 4.90. The molecule has 0 spiro atoms. The van der Waals surface area contributed by atoms with Gasteiger partial charge in [-0.1, -0.05) is 0 Å². The lowest BCUT2D eigenvalue weighted by Crippen LogP contribution is -2.49. The van der Waals surface area contributed by atoms with Crippen LogP contribution in [0, 0.1) is 11.8 Å². The van der Waals surface area contributed by atoms with Gasteiger partial charge in [-0.25, -0.2) is 0 Å². The molecule has 0 radical (unpaired) electrons. The maximum Gasteiger partial charge on any atom is 0.00244 e. The van der Waals surface area contributed by atoms with Crippen LogP contribution in [-0.4, -0.2) is 31.1 Å². The molecule has 0 aromatic rings. The summed E-state index contributed by atoms with van der Waals surface area (Å²) < 4.78 is 0. The molecule has 3 fully saturated rings. The van der Waals surface area contributed by atoms with Gasteiger partial charge in [0.1, 0.15) is 0 Å². The van der Waals surface area contributed by atoms with Crippen molar-refractivity contribution in [2.45, 2.75) is 12.8 Å². The molecular formula is C8H17ClN2. The maximum atomic E-state index is 5.66. The predicted octanol–water partition coefficient (Wildman–Crippen LogP) is 0.709. The van der Waals surface area contributed by atoms with Crippen LogP contribution in [0.3, 0.4) is 0 Å². The molecule has 3 heterocycles. The Bertz CT molecular complexity index is 121. The molecule has 0 aliphatic carbocycles. The number of nitrogens with zero attached hydrogens (tertiary/aromatic N) is 1. The van der Waals surface area contributed by atoms with E-state index in [1.165, 1.54) is 32.5 Å². The molecule has 3 aliphatic rings. The zero-order valence-corrected chi connectivity index (χ0v) is 7.65. The van der Waals surface area contributed by atoms with Crippen LogP contribution in [-0.2, 0) is 0 Å². The van der Waals surface area contributed by atoms with E-state index in [2.05, 4.69) is 4.90 Å². The van der Waals surface area contributed by atoms with E-state index < -0.39 is 0 Å². The second-order valence-corrected chi connectivity index (χ2v) is 3.63. The predicted molar refractivity (Wildman–Crippen MR) is 49.0 cm³/mol. The van der Waals surface area contributed by atoms with Crippen molar-refractivity contribution in [2.24, 2.45) is 17.6 Å². The number of rotatable bonds is 1. The molecule has 3 saturated heterocycles. The van der Waals surface area contributed by atoms with E-state index in [0.717, 1.165) is 18.4 Å². The Balaban J connectivity index is 0.000000605. The molecule has 3 heteroatoms. The van der Waals surface area contributed by atoms with Crippen LogP contribution in [0.2, 0.25) is 0 Å². The minimum absolute atomic E-state index is 0. The Kier molecular flexibility index (Phi) is 3.16. The van der Waals surface area contributed by atoms with Crippen LogP contribution in [0.4, 0.5) is 0 Å². The molecule has 3 aliphatic heterocycles. The van der Waals surface area contributed by atoms with E-state index >= 15 is 0 Å². The summed E-state index contributed by atoms with van der Waals surface area (Å²) in [6.07, 6.45) is 2.81. The summed E-state index contributed by atoms with van der Waals surface area (Å²) in [7, 11) is 0. The Labute approximate surface area is 74.5 Å². The van der Waals surface area contributed by atoms with Crippen molar-refractivity contribution in [3.63, 3.8) is 0 Å². The topological polar surface area (TPSA) is 29.3 Å². The van der Waals surface area contributed by atoms with Crippen molar-refractivity contribution in [1.82, 2.24) is 4.90 Å². The van der Waals surface area contributed by atoms with Gasteiger partial charge in [-0.05, 0) is 44.3 Å². The Hall–Kier alpha value is 0.210. The number of nitrogens with two attached hydrogens (primary N) is 1. The summed E-state index contributed by atoms with van der Waals surface area (Å²) >= 11 is 0. The number of halogens is 1. The van der Waals surface area contributed by atoms with Crippen LogP contribution in [0.5, 0.6) is 0 Å². The van der Waals surface area contributed by atoms with Crippen molar-refractivity contribution >= 4 is 12.4 Å². The number of piperidine rings is 3. The molecule has 3 rings (SSSR count). The normalized spacial score (nSPS) is 41.7. The van der Waals surface area contributed by atoms with E-state index in [-0.39, 0.29) is 12.4 Å². The van der Waals surface area contributed by atoms with Crippen LogP contribution in [0.15, 0.2) is 0 Å². The van der Waals surface area contributed by atoms with E-state index in [0.29, 0.717) is 0 Å². The quantitative estimate of drug-likeness (QED) is 0.638. The van der Waals surface area contributed by atoms with E-state index in [1.54, 1.807) is 0 Å². The van der Waals surface area contributed by atoms with Gasteiger partial charge in [-0.2, -0.15) is 0 Å². The van der Waals surface area contributed by atoms with E-state index in [4.69, 9.17) is 5.73 Å². The highest BCUT2D eigenvalue weighted by Gasteiger charge is 2.32. The molecule has 1 atom stereocenters. The van der Waals surface area contributed by atoms with Crippen molar-refractivity contribution < 1.29 is 0 Å². The van der Waals surface area contributed by atoms with Crippen molar-refractivity contribution in [3.05, 3.63) is 0 Å². The van der Waals surface area contributed by atoms with Crippen molar-refractivity contribution in [3.8, 4) is 0 Å². The van der Waals surface area contributed by atoms with Gasteiger partial charge >= 0.3 is 0 Å². The first-order valence-corrected chi connectivity index (χ1v) is 4.32. The highest BCUT2D eigenvalue weighted by atomic mass is 35.5. The Morgan fingerprint density at radius 2 is 1.91 bits per heavy atom. The maximum absolute atomic E-state index is 5.66. The van der Waals surface area contributed by atoms with Gasteiger partial charge in [0.15, 0.2) is 0 Å². The van der Waals surface area contributed by atoms with Gasteiger partial charge in [0.05, 0.1) is 0 Å². The Morgan fingerprint density at radius 1 is 1.27 bits per heavy atom. The fourth-order valence-corrected chi connectivity index (χ4v) is 2.35. The molecule has 2 N–H and O–H groups in total. The molecule has 2 nitrogen and oxygen atoms in total. The third-order valence-electron chi connectivity index (χ3n) is 3.09. The van der Waals surface area contributed by atoms with Gasteiger partial charge in [0, 0.05) is 6.54 Å². The molecule has 11 heavy (non-hydrogen) atoms. The summed E-state index contributed by atoms with van der Waals surface area (Å²) in [5.41, 5.74) is 5.66. The minimum Gasteiger partial charge on any atom is -0.330 e. The smallest absolute Gasteiger partial charge is 0.00244 e. The minimum atomic E-state index is 0. The average Bonchev–Trinajstić information content (AvgIpc) is 2.06. The van der Waals surface area contributed by atoms with Gasteiger partial charge in [0.2, 0.25) is 0 Å². The molecule has 66 valence electrons. The first-order valence-electron chi connectivity index (χ1n) is 4.32. The lowest BCUT2D eigenvalue weighted by atomic mass is 9.79. The zero-order valence-electron chi connectivity index (χ0n) is 6.83. The first kappa shape index (κ1) is 9.30. The standard InChI is InChI=1S/C8H16N2.ClH/c9-5-8-6-10-3-1-7(8)2-4-10;/h7-8H,1-6,9H2;1H. The van der Waals surface area contributed by atoms with E-state index in [1.807, 2.05) is 0 Å². The summed E-state index contributed by atoms with van der Waals surface area (Å²) in [6.45, 7) is 4.85. The van der Waals surface area contributed by atoms with Gasteiger partial charge in [-0.3, -0.25) is 0 Å². The van der Waals surface area contributed by atoms with Crippen molar-refractivity contribution in [1.29, 1.82) is 0 Å². The largest absolute Gasteiger partial charge is 0.330 e. The lowest BCUT2D eigenvalue weighted by molar-refractivity contribution is 0.0554. The summed E-state index contributed by atoms with van der Waals surface area (Å²) in [5.74, 6) is 1.79. The second kappa shape index (κ2) is 3.74. The van der Waals surface area contributed by atoms with Gasteiger partial charge in [0.25, 0.3) is 0 Å². The molecule has 2 bridgehead atoms. The third-order valence-corrected chi connectivity index (χ3v) is 3.09. The van der Waals surface area contributed by atoms with Crippen LogP contribution in [0.1, 0.15) is 12.8 Å². The molecule has 0 aromatic carbocycles. The number of fused-ring (bicyclic) bond motifs is 3. The molecule has 0 amide bonds. The number of hydrogen-bond donors (Lipinski definition) is 1. The van der Waals surface area contributed by atoms with Crippen LogP contribution in [0.25, 0.3) is 0 Å². The third kappa shape index (κ3) is 1.68. The van der Waals surface area contributed by atoms with Crippen molar-refractivity contribution in [2.75, 3.05) is 26.2 Å². The Morgan fingerprint density at radius 3 is 2.18 bits per heavy atom.